The van der Waals surface area contributed by atoms with Crippen LogP contribution in [0.4, 0.5) is 10.5 Å². The van der Waals surface area contributed by atoms with Crippen molar-refractivity contribution in [2.75, 3.05) is 5.32 Å². The van der Waals surface area contributed by atoms with E-state index in [1.165, 1.54) is 0 Å². The number of hydrogen-bond donors (Lipinski definition) is 3. The van der Waals surface area contributed by atoms with Crippen molar-refractivity contribution in [1.29, 1.82) is 0 Å². The van der Waals surface area contributed by atoms with Gasteiger partial charge in [-0.25, -0.2) is 4.79 Å². The first-order valence-corrected chi connectivity index (χ1v) is 6.89. The van der Waals surface area contributed by atoms with Gasteiger partial charge in [-0.3, -0.25) is 4.79 Å². The summed E-state index contributed by atoms with van der Waals surface area (Å²) < 4.78 is 0. The highest BCUT2D eigenvalue weighted by atomic mass is 35.5. The number of rotatable bonds is 5. The fraction of sp³-hybridized carbons (Fsp3) is 0.429. The van der Waals surface area contributed by atoms with Gasteiger partial charge in [0, 0.05) is 16.8 Å². The van der Waals surface area contributed by atoms with Gasteiger partial charge in [0.05, 0.1) is 6.42 Å². The molecule has 0 aromatic heterocycles. The van der Waals surface area contributed by atoms with Crippen LogP contribution in [0.3, 0.4) is 0 Å². The zero-order valence-electron chi connectivity index (χ0n) is 11.1. The van der Waals surface area contributed by atoms with Crippen LogP contribution in [0.2, 0.25) is 5.02 Å². The Morgan fingerprint density at radius 3 is 2.75 bits per heavy atom. The van der Waals surface area contributed by atoms with Crippen LogP contribution in [0.25, 0.3) is 0 Å². The molecule has 0 spiro atoms. The number of carboxylic acid groups (broad SMARTS) is 1. The summed E-state index contributed by atoms with van der Waals surface area (Å²) in [5.74, 6) is -0.626. The van der Waals surface area contributed by atoms with Crippen LogP contribution in [0.1, 0.15) is 24.8 Å². The second kappa shape index (κ2) is 6.13. The molecule has 20 heavy (non-hydrogen) atoms. The lowest BCUT2D eigenvalue weighted by molar-refractivity contribution is -0.137. The normalized spacial score (nSPS) is 15.5. The smallest absolute Gasteiger partial charge is 0.319 e. The number of nitrogens with one attached hydrogen (secondary N) is 2. The Bertz CT molecular complexity index is 529. The van der Waals surface area contributed by atoms with Crippen LogP contribution in [-0.4, -0.2) is 23.1 Å². The molecule has 0 radical (unpaired) electrons. The quantitative estimate of drug-likeness (QED) is 0.781. The predicted molar refractivity (Wildman–Crippen MR) is 77.1 cm³/mol. The maximum atomic E-state index is 11.9. The van der Waals surface area contributed by atoms with Gasteiger partial charge in [0.25, 0.3) is 0 Å². The molecule has 3 N–H and O–H groups in total. The third-order valence-corrected chi connectivity index (χ3v) is 3.83. The molecule has 108 valence electrons. The van der Waals surface area contributed by atoms with Crippen molar-refractivity contribution < 1.29 is 14.7 Å². The predicted octanol–water partition coefficient (Wildman–Crippen LogP) is 3.02. The van der Waals surface area contributed by atoms with Gasteiger partial charge in [-0.15, -0.1) is 0 Å². The third-order valence-electron chi connectivity index (χ3n) is 3.42. The molecule has 0 saturated heterocycles. The average Bonchev–Trinajstić information content (AvgIpc) is 3.17. The minimum Gasteiger partial charge on any atom is -0.481 e. The molecule has 1 aromatic rings. The van der Waals surface area contributed by atoms with E-state index in [4.69, 9.17) is 16.7 Å². The number of aliphatic carboxylic acids is 1. The molecule has 1 fully saturated rings. The van der Waals surface area contributed by atoms with Crippen LogP contribution in [0.5, 0.6) is 0 Å². The lowest BCUT2D eigenvalue weighted by Crippen LogP contribution is -2.40. The second-order valence-corrected chi connectivity index (χ2v) is 5.46. The van der Waals surface area contributed by atoms with Crippen LogP contribution in [0.15, 0.2) is 18.2 Å². The summed E-state index contributed by atoms with van der Waals surface area (Å²) in [6.45, 7) is 1.81. The highest BCUT2D eigenvalue weighted by Gasteiger charge is 2.33. The standard InChI is InChI=1S/C14H17ClN2O3/c1-8-10(15)3-2-4-11(8)16-14(20)17-12(7-13(18)19)9-5-6-9/h2-4,9,12H,5-7H2,1H3,(H,18,19)(H2,16,17,20). The summed E-state index contributed by atoms with van der Waals surface area (Å²) in [5, 5.41) is 14.9. The first-order valence-electron chi connectivity index (χ1n) is 6.52. The second-order valence-electron chi connectivity index (χ2n) is 5.05. The number of halogens is 1. The topological polar surface area (TPSA) is 78.4 Å². The number of carboxylic acids is 1. The van der Waals surface area contributed by atoms with Crippen molar-refractivity contribution in [2.45, 2.75) is 32.2 Å². The molecule has 0 bridgehead atoms. The van der Waals surface area contributed by atoms with Crippen molar-refractivity contribution in [3.63, 3.8) is 0 Å². The number of amides is 2. The largest absolute Gasteiger partial charge is 0.481 e. The Morgan fingerprint density at radius 2 is 2.15 bits per heavy atom. The molecule has 1 aromatic carbocycles. The molecule has 6 heteroatoms. The van der Waals surface area contributed by atoms with E-state index in [2.05, 4.69) is 10.6 Å². The molecule has 2 rings (SSSR count). The molecule has 1 aliphatic rings. The molecule has 0 heterocycles. The number of urea groups is 1. The van der Waals surface area contributed by atoms with E-state index in [0.717, 1.165) is 18.4 Å². The fourth-order valence-electron chi connectivity index (χ4n) is 2.09. The summed E-state index contributed by atoms with van der Waals surface area (Å²) in [5.41, 5.74) is 1.41. The van der Waals surface area contributed by atoms with Crippen molar-refractivity contribution in [3.8, 4) is 0 Å². The van der Waals surface area contributed by atoms with Gasteiger partial charge in [-0.1, -0.05) is 17.7 Å². The first kappa shape index (κ1) is 14.7. The Hall–Kier alpha value is -1.75. The SMILES string of the molecule is Cc1c(Cl)cccc1NC(=O)NC(CC(=O)O)C1CC1. The monoisotopic (exact) mass is 296 g/mol. The maximum absolute atomic E-state index is 11.9. The van der Waals surface area contributed by atoms with Crippen molar-refractivity contribution in [1.82, 2.24) is 5.32 Å². The highest BCUT2D eigenvalue weighted by molar-refractivity contribution is 6.31. The van der Waals surface area contributed by atoms with E-state index in [1.54, 1.807) is 18.2 Å². The zero-order valence-corrected chi connectivity index (χ0v) is 11.9. The van der Waals surface area contributed by atoms with E-state index < -0.39 is 12.0 Å². The number of carbonyl (C=O) groups is 2. The molecular formula is C14H17ClN2O3. The number of benzene rings is 1. The molecule has 0 aliphatic heterocycles. The van der Waals surface area contributed by atoms with Crippen molar-refractivity contribution >= 4 is 29.3 Å². The van der Waals surface area contributed by atoms with E-state index in [1.807, 2.05) is 6.92 Å². The lowest BCUT2D eigenvalue weighted by atomic mass is 10.1. The van der Waals surface area contributed by atoms with Crippen LogP contribution in [0, 0.1) is 12.8 Å². The van der Waals surface area contributed by atoms with Gasteiger partial charge in [-0.2, -0.15) is 0 Å². The number of hydrogen-bond acceptors (Lipinski definition) is 2. The van der Waals surface area contributed by atoms with E-state index in [-0.39, 0.29) is 18.4 Å². The Balaban J connectivity index is 1.97. The Labute approximate surface area is 122 Å². The van der Waals surface area contributed by atoms with Gasteiger partial charge >= 0.3 is 12.0 Å². The van der Waals surface area contributed by atoms with Gasteiger partial charge in [0.1, 0.15) is 0 Å². The van der Waals surface area contributed by atoms with Gasteiger partial charge in [-0.05, 0) is 43.4 Å². The maximum Gasteiger partial charge on any atom is 0.319 e. The molecular weight excluding hydrogens is 280 g/mol. The van der Waals surface area contributed by atoms with Crippen LogP contribution in [-0.2, 0) is 4.79 Å². The molecule has 1 atom stereocenters. The van der Waals surface area contributed by atoms with Gasteiger partial charge < -0.3 is 15.7 Å². The minimum absolute atomic E-state index is 0.0490. The number of carbonyl (C=O) groups excluding carboxylic acids is 1. The van der Waals surface area contributed by atoms with E-state index in [0.29, 0.717) is 10.7 Å². The van der Waals surface area contributed by atoms with Crippen LogP contribution >= 0.6 is 11.6 Å². The molecule has 2 amide bonds. The summed E-state index contributed by atoms with van der Waals surface area (Å²) in [6, 6.07) is 4.54. The van der Waals surface area contributed by atoms with Gasteiger partial charge in [0.15, 0.2) is 0 Å². The Morgan fingerprint density at radius 1 is 1.45 bits per heavy atom. The zero-order chi connectivity index (χ0) is 14.7. The van der Waals surface area contributed by atoms with Gasteiger partial charge in [0.2, 0.25) is 0 Å². The lowest BCUT2D eigenvalue weighted by Gasteiger charge is -2.17. The Kier molecular flexibility index (Phi) is 4.49. The summed E-state index contributed by atoms with van der Waals surface area (Å²) >= 11 is 5.98. The molecule has 1 aliphatic carbocycles. The van der Waals surface area contributed by atoms with E-state index in [9.17, 15) is 9.59 Å². The minimum atomic E-state index is -0.902. The third kappa shape index (κ3) is 3.87. The summed E-state index contributed by atoms with van der Waals surface area (Å²) in [6.07, 6.45) is 1.88. The summed E-state index contributed by atoms with van der Waals surface area (Å²) in [7, 11) is 0. The van der Waals surface area contributed by atoms with Crippen molar-refractivity contribution in [2.24, 2.45) is 5.92 Å². The molecule has 1 unspecified atom stereocenters. The average molecular weight is 297 g/mol. The van der Waals surface area contributed by atoms with Crippen molar-refractivity contribution in [3.05, 3.63) is 28.8 Å². The summed E-state index contributed by atoms with van der Waals surface area (Å²) in [4.78, 5) is 22.7. The first-order chi connectivity index (χ1) is 9.47. The van der Waals surface area contributed by atoms with E-state index >= 15 is 0 Å². The number of anilines is 1. The fourth-order valence-corrected chi connectivity index (χ4v) is 2.27. The van der Waals surface area contributed by atoms with Crippen LogP contribution < -0.4 is 10.6 Å². The molecule has 5 nitrogen and oxygen atoms in total. The highest BCUT2D eigenvalue weighted by Crippen LogP contribution is 2.34. The molecule has 1 saturated carbocycles.